The normalized spacial score (nSPS) is 10.6. The van der Waals surface area contributed by atoms with Crippen molar-refractivity contribution in [1.82, 2.24) is 20.2 Å². The fraction of sp³-hybridized carbons (Fsp3) is 0.0714. The third kappa shape index (κ3) is 3.75. The summed E-state index contributed by atoms with van der Waals surface area (Å²) in [6.07, 6.45) is 0. The number of nitrogens with zero attached hydrogens (tertiary/aromatic N) is 6. The summed E-state index contributed by atoms with van der Waals surface area (Å²) in [6, 6.07) is 10.3. The van der Waals surface area contributed by atoms with Gasteiger partial charge in [-0.1, -0.05) is 23.7 Å². The molecule has 2 aromatic carbocycles. The van der Waals surface area contributed by atoms with Gasteiger partial charge in [-0.15, -0.1) is 10.2 Å². The van der Waals surface area contributed by atoms with E-state index in [-0.39, 0.29) is 17.9 Å². The Morgan fingerprint density at radius 3 is 2.32 bits per heavy atom. The molecular weight excluding hydrogens is 352 g/mol. The van der Waals surface area contributed by atoms with E-state index in [0.717, 1.165) is 23.8 Å². The zero-order valence-corrected chi connectivity index (χ0v) is 13.2. The van der Waals surface area contributed by atoms with Crippen LogP contribution in [0.25, 0.3) is 11.4 Å². The molecule has 0 unspecified atom stereocenters. The van der Waals surface area contributed by atoms with Gasteiger partial charge in [0, 0.05) is 22.7 Å². The lowest BCUT2D eigenvalue weighted by atomic mass is 10.1. The van der Waals surface area contributed by atoms with E-state index in [0.29, 0.717) is 5.02 Å². The molecule has 0 aliphatic carbocycles. The van der Waals surface area contributed by atoms with Crippen molar-refractivity contribution >= 4 is 23.0 Å². The highest BCUT2D eigenvalue weighted by molar-refractivity contribution is 6.30. The van der Waals surface area contributed by atoms with Crippen LogP contribution in [0, 0.1) is 20.2 Å². The number of tetrazole rings is 1. The molecule has 11 heteroatoms. The van der Waals surface area contributed by atoms with Crippen LogP contribution in [-0.2, 0) is 6.54 Å². The maximum Gasteiger partial charge on any atom is 0.277 e. The third-order valence-electron chi connectivity index (χ3n) is 3.25. The van der Waals surface area contributed by atoms with Crippen LogP contribution in [0.15, 0.2) is 42.5 Å². The number of hydrogen-bond donors (Lipinski definition) is 0. The third-order valence-corrected chi connectivity index (χ3v) is 3.48. The standard InChI is InChI=1S/C14H9ClN6O4/c15-11-3-1-2-9(4-11)8-19-17-14(16-18-19)10-5-12(20(22)23)7-13(6-10)21(24)25/h1-7H,8H2. The van der Waals surface area contributed by atoms with Gasteiger partial charge in [0.25, 0.3) is 11.4 Å². The summed E-state index contributed by atoms with van der Waals surface area (Å²) in [4.78, 5) is 21.7. The van der Waals surface area contributed by atoms with Crippen LogP contribution in [0.5, 0.6) is 0 Å². The van der Waals surface area contributed by atoms with Crippen LogP contribution < -0.4 is 0 Å². The van der Waals surface area contributed by atoms with Crippen molar-refractivity contribution < 1.29 is 9.85 Å². The highest BCUT2D eigenvalue weighted by atomic mass is 35.5. The number of hydrogen-bond acceptors (Lipinski definition) is 7. The number of non-ortho nitro benzene ring substituents is 2. The van der Waals surface area contributed by atoms with E-state index in [1.807, 2.05) is 6.07 Å². The average Bonchev–Trinajstić information content (AvgIpc) is 3.03. The molecule has 3 rings (SSSR count). The van der Waals surface area contributed by atoms with Gasteiger partial charge in [-0.3, -0.25) is 20.2 Å². The predicted molar refractivity (Wildman–Crippen MR) is 87.1 cm³/mol. The van der Waals surface area contributed by atoms with Crippen molar-refractivity contribution in [2.45, 2.75) is 6.54 Å². The summed E-state index contributed by atoms with van der Waals surface area (Å²) >= 11 is 5.91. The van der Waals surface area contributed by atoms with Crippen molar-refractivity contribution in [3.8, 4) is 11.4 Å². The van der Waals surface area contributed by atoms with Crippen molar-refractivity contribution in [2.24, 2.45) is 0 Å². The van der Waals surface area contributed by atoms with Gasteiger partial charge < -0.3 is 0 Å². The maximum atomic E-state index is 10.9. The van der Waals surface area contributed by atoms with Crippen LogP contribution >= 0.6 is 11.6 Å². The molecular formula is C14H9ClN6O4. The second-order valence-corrected chi connectivity index (χ2v) is 5.46. The Bertz CT molecular complexity index is 941. The Morgan fingerprint density at radius 1 is 1.04 bits per heavy atom. The fourth-order valence-electron chi connectivity index (χ4n) is 2.16. The van der Waals surface area contributed by atoms with Crippen molar-refractivity contribution in [3.63, 3.8) is 0 Å². The largest absolute Gasteiger partial charge is 0.277 e. The van der Waals surface area contributed by atoms with Gasteiger partial charge in [0.2, 0.25) is 5.82 Å². The summed E-state index contributed by atoms with van der Waals surface area (Å²) < 4.78 is 0. The number of benzene rings is 2. The van der Waals surface area contributed by atoms with Crippen LogP contribution in [0.3, 0.4) is 0 Å². The summed E-state index contributed by atoms with van der Waals surface area (Å²) in [6.45, 7) is 0.282. The zero-order valence-electron chi connectivity index (χ0n) is 12.4. The van der Waals surface area contributed by atoms with E-state index in [4.69, 9.17) is 11.6 Å². The first-order valence-corrected chi connectivity index (χ1v) is 7.26. The lowest BCUT2D eigenvalue weighted by Crippen LogP contribution is -2.04. The van der Waals surface area contributed by atoms with E-state index in [1.165, 1.54) is 4.80 Å². The molecule has 0 bridgehead atoms. The predicted octanol–water partition coefficient (Wildman–Crippen LogP) is 2.86. The van der Waals surface area contributed by atoms with Gasteiger partial charge in [0.1, 0.15) is 0 Å². The highest BCUT2D eigenvalue weighted by Gasteiger charge is 2.19. The molecule has 1 heterocycles. The van der Waals surface area contributed by atoms with Crippen LogP contribution in [0.2, 0.25) is 5.02 Å². The van der Waals surface area contributed by atoms with Crippen LogP contribution in [-0.4, -0.2) is 30.1 Å². The molecule has 25 heavy (non-hydrogen) atoms. The number of nitro benzene ring substituents is 2. The first kappa shape index (κ1) is 16.5. The van der Waals surface area contributed by atoms with E-state index in [1.54, 1.807) is 18.2 Å². The molecule has 0 radical (unpaired) electrons. The Labute approximate surface area is 145 Å². The molecule has 126 valence electrons. The average molecular weight is 361 g/mol. The second-order valence-electron chi connectivity index (χ2n) is 5.03. The Morgan fingerprint density at radius 2 is 1.72 bits per heavy atom. The van der Waals surface area contributed by atoms with E-state index < -0.39 is 21.2 Å². The highest BCUT2D eigenvalue weighted by Crippen LogP contribution is 2.27. The maximum absolute atomic E-state index is 10.9. The van der Waals surface area contributed by atoms with Crippen molar-refractivity contribution in [3.05, 3.63) is 73.3 Å². The van der Waals surface area contributed by atoms with E-state index >= 15 is 0 Å². The second kappa shape index (κ2) is 6.61. The van der Waals surface area contributed by atoms with Gasteiger partial charge >= 0.3 is 0 Å². The van der Waals surface area contributed by atoms with Crippen molar-refractivity contribution in [1.29, 1.82) is 0 Å². The quantitative estimate of drug-likeness (QED) is 0.505. The lowest BCUT2D eigenvalue weighted by Gasteiger charge is -2.00. The number of rotatable bonds is 5. The van der Waals surface area contributed by atoms with Gasteiger partial charge in [-0.2, -0.15) is 4.80 Å². The first-order valence-electron chi connectivity index (χ1n) is 6.89. The number of halogens is 1. The number of aromatic nitrogens is 4. The summed E-state index contributed by atoms with van der Waals surface area (Å²) in [7, 11) is 0. The first-order chi connectivity index (χ1) is 11.9. The molecule has 0 saturated heterocycles. The van der Waals surface area contributed by atoms with Crippen LogP contribution in [0.1, 0.15) is 5.56 Å². The minimum atomic E-state index is -0.715. The zero-order chi connectivity index (χ0) is 18.0. The molecule has 0 N–H and O–H groups in total. The molecule has 0 amide bonds. The van der Waals surface area contributed by atoms with Gasteiger partial charge in [0.15, 0.2) is 0 Å². The molecule has 0 aliphatic rings. The molecule has 0 spiro atoms. The Hall–Kier alpha value is -3.40. The summed E-state index contributed by atoms with van der Waals surface area (Å²) in [5.41, 5.74) is 0.130. The summed E-state index contributed by atoms with van der Waals surface area (Å²) in [5.74, 6) is 0.0498. The van der Waals surface area contributed by atoms with Gasteiger partial charge in [-0.05, 0) is 22.9 Å². The van der Waals surface area contributed by atoms with Gasteiger partial charge in [0.05, 0.1) is 22.5 Å². The van der Waals surface area contributed by atoms with E-state index in [9.17, 15) is 20.2 Å². The minimum Gasteiger partial charge on any atom is -0.258 e. The van der Waals surface area contributed by atoms with Crippen molar-refractivity contribution in [2.75, 3.05) is 0 Å². The molecule has 0 atom stereocenters. The van der Waals surface area contributed by atoms with Gasteiger partial charge in [-0.25, -0.2) is 0 Å². The monoisotopic (exact) mass is 360 g/mol. The molecule has 0 aliphatic heterocycles. The smallest absolute Gasteiger partial charge is 0.258 e. The summed E-state index contributed by atoms with van der Waals surface area (Å²) in [5, 5.41) is 34.2. The molecule has 10 nitrogen and oxygen atoms in total. The SMILES string of the molecule is O=[N+]([O-])c1cc(-c2nnn(Cc3cccc(Cl)c3)n2)cc([N+](=O)[O-])c1. The van der Waals surface area contributed by atoms with E-state index in [2.05, 4.69) is 15.4 Å². The molecule has 0 saturated carbocycles. The fourth-order valence-corrected chi connectivity index (χ4v) is 2.37. The Balaban J connectivity index is 1.94. The number of nitro groups is 2. The molecule has 3 aromatic rings. The minimum absolute atomic E-state index is 0.0498. The Kier molecular flexibility index (Phi) is 4.35. The molecule has 1 aromatic heterocycles. The lowest BCUT2D eigenvalue weighted by molar-refractivity contribution is -0.394. The van der Waals surface area contributed by atoms with Crippen LogP contribution in [0.4, 0.5) is 11.4 Å². The topological polar surface area (TPSA) is 130 Å². The molecule has 0 fully saturated rings.